The van der Waals surface area contributed by atoms with Crippen LogP contribution in [0.1, 0.15) is 160 Å². The van der Waals surface area contributed by atoms with Gasteiger partial charge in [0.05, 0.1) is 0 Å². The lowest BCUT2D eigenvalue weighted by Crippen LogP contribution is -2.47. The summed E-state index contributed by atoms with van der Waals surface area (Å²) in [5.74, 6) is 0.830. The van der Waals surface area contributed by atoms with Gasteiger partial charge < -0.3 is 0 Å². The van der Waals surface area contributed by atoms with Crippen LogP contribution in [0.5, 0.6) is 0 Å². The van der Waals surface area contributed by atoms with Crippen molar-refractivity contribution in [2.45, 2.75) is 165 Å². The third-order valence-electron chi connectivity index (χ3n) is 8.93. The maximum absolute atomic E-state index is 13.9. The predicted octanol–water partition coefficient (Wildman–Crippen LogP) is 12.2. The van der Waals surface area contributed by atoms with Gasteiger partial charge in [-0.1, -0.05) is 140 Å². The Bertz CT molecular complexity index is 1050. The van der Waals surface area contributed by atoms with E-state index in [1.165, 1.54) is 37.1 Å². The first-order chi connectivity index (χ1) is 19.0. The zero-order valence-electron chi connectivity index (χ0n) is 31.8. The highest BCUT2D eigenvalue weighted by atomic mass is 19.1. The Morgan fingerprint density at radius 2 is 0.860 bits per heavy atom. The Kier molecular flexibility index (Phi) is 13.0. The van der Waals surface area contributed by atoms with E-state index >= 15 is 0 Å². The van der Waals surface area contributed by atoms with Crippen molar-refractivity contribution in [2.24, 2.45) is 11.3 Å². The number of benzene rings is 2. The van der Waals surface area contributed by atoms with E-state index in [0.717, 1.165) is 17.0 Å². The summed E-state index contributed by atoms with van der Waals surface area (Å²) in [6, 6.07) is 14.6. The molecule has 0 aromatic heterocycles. The minimum absolute atomic E-state index is 0.0112. The standard InChI is InChI=1S/C14H21F.C14H22.C13H27N/c1-13(2,3)10-7-8-11(12(15)9-10)14(4,5)6;1-13(2,3)11-7-9-12(10-8-11)14(4,5)6;1-12(2,3)11-7-9-14(10-8-11)13(4,5)6/h7-9H,1-6H3;7-10H,1-6H3;11H,7-10H2,1-6H3. The lowest BCUT2D eigenvalue weighted by molar-refractivity contribution is 0.0532. The van der Waals surface area contributed by atoms with E-state index in [2.05, 4.69) is 133 Å². The van der Waals surface area contributed by atoms with E-state index in [1.54, 1.807) is 6.07 Å². The summed E-state index contributed by atoms with van der Waals surface area (Å²) in [7, 11) is 0. The summed E-state index contributed by atoms with van der Waals surface area (Å²) < 4.78 is 13.9. The lowest BCUT2D eigenvalue weighted by Gasteiger charge is -2.44. The molecule has 1 aliphatic rings. The molecule has 1 heterocycles. The number of likely N-dealkylation sites (tertiary alicyclic amines) is 1. The monoisotopic (exact) mass is 596 g/mol. The average molecular weight is 596 g/mol. The topological polar surface area (TPSA) is 3.24 Å². The maximum Gasteiger partial charge on any atom is 0.127 e. The van der Waals surface area contributed by atoms with E-state index in [9.17, 15) is 4.39 Å². The Balaban J connectivity index is 0.000000323. The van der Waals surface area contributed by atoms with Crippen molar-refractivity contribution in [3.63, 3.8) is 0 Å². The van der Waals surface area contributed by atoms with Gasteiger partial charge in [0.15, 0.2) is 0 Å². The van der Waals surface area contributed by atoms with Crippen molar-refractivity contribution in [3.8, 4) is 0 Å². The molecule has 3 rings (SSSR count). The highest BCUT2D eigenvalue weighted by Crippen LogP contribution is 2.36. The molecule has 0 spiro atoms. The van der Waals surface area contributed by atoms with Crippen LogP contribution in [0.4, 0.5) is 4.39 Å². The third kappa shape index (κ3) is 13.1. The molecule has 1 aliphatic heterocycles. The van der Waals surface area contributed by atoms with Crippen LogP contribution in [0.2, 0.25) is 0 Å². The first-order valence-electron chi connectivity index (χ1n) is 16.7. The molecule has 0 unspecified atom stereocenters. The van der Waals surface area contributed by atoms with Crippen LogP contribution in [0.25, 0.3) is 0 Å². The third-order valence-corrected chi connectivity index (χ3v) is 8.93. The molecule has 2 heteroatoms. The first-order valence-corrected chi connectivity index (χ1v) is 16.7. The second-order valence-corrected chi connectivity index (χ2v) is 19.1. The number of hydrogen-bond acceptors (Lipinski definition) is 1. The first kappa shape index (κ1) is 39.4. The fraction of sp³-hybridized carbons (Fsp3) is 0.707. The van der Waals surface area contributed by atoms with E-state index in [4.69, 9.17) is 0 Å². The molecule has 0 amide bonds. The number of nitrogens with zero attached hydrogens (tertiary/aromatic N) is 1. The summed E-state index contributed by atoms with van der Waals surface area (Å²) in [4.78, 5) is 2.62. The summed E-state index contributed by atoms with van der Waals surface area (Å²) >= 11 is 0. The van der Waals surface area contributed by atoms with Crippen LogP contribution < -0.4 is 0 Å². The fourth-order valence-electron chi connectivity index (χ4n) is 5.48. The van der Waals surface area contributed by atoms with Gasteiger partial charge in [0.2, 0.25) is 0 Å². The second-order valence-electron chi connectivity index (χ2n) is 19.1. The largest absolute Gasteiger partial charge is 0.298 e. The molecule has 43 heavy (non-hydrogen) atoms. The van der Waals surface area contributed by atoms with Crippen LogP contribution in [0.3, 0.4) is 0 Å². The summed E-state index contributed by atoms with van der Waals surface area (Å²) in [6.45, 7) is 42.5. The molecule has 0 bridgehead atoms. The SMILES string of the molecule is CC(C)(C)C1CCN(C(C)(C)C)CC1.CC(C)(C)c1ccc(C(C)(C)C)c(F)c1.CC(C)(C)c1ccc(C(C)(C)C)cc1. The number of halogens is 1. The van der Waals surface area contributed by atoms with Gasteiger partial charge in [0, 0.05) is 5.54 Å². The van der Waals surface area contributed by atoms with Crippen LogP contribution in [0, 0.1) is 17.2 Å². The maximum atomic E-state index is 13.9. The van der Waals surface area contributed by atoms with Crippen LogP contribution >= 0.6 is 0 Å². The summed E-state index contributed by atoms with van der Waals surface area (Å²) in [6.07, 6.45) is 2.75. The number of piperidine rings is 1. The zero-order valence-corrected chi connectivity index (χ0v) is 31.8. The van der Waals surface area contributed by atoms with Crippen molar-refractivity contribution >= 4 is 0 Å². The Morgan fingerprint density at radius 3 is 1.12 bits per heavy atom. The molecule has 1 saturated heterocycles. The van der Waals surface area contributed by atoms with E-state index in [0.29, 0.717) is 11.0 Å². The molecule has 1 fully saturated rings. The summed E-state index contributed by atoms with van der Waals surface area (Å²) in [5, 5.41) is 0. The van der Waals surface area contributed by atoms with Gasteiger partial charge in [-0.2, -0.15) is 0 Å². The van der Waals surface area contributed by atoms with Crippen molar-refractivity contribution in [2.75, 3.05) is 13.1 Å². The molecule has 0 N–H and O–H groups in total. The molecule has 0 radical (unpaired) electrons. The second kappa shape index (κ2) is 14.2. The highest BCUT2D eigenvalue weighted by Gasteiger charge is 2.32. The Labute approximate surface area is 268 Å². The minimum atomic E-state index is -0.125. The normalized spacial score (nSPS) is 16.2. The van der Waals surface area contributed by atoms with Gasteiger partial charge in [-0.25, -0.2) is 4.39 Å². The molecule has 2 aromatic rings. The van der Waals surface area contributed by atoms with Gasteiger partial charge in [-0.05, 0) is 108 Å². The van der Waals surface area contributed by atoms with Gasteiger partial charge in [0.25, 0.3) is 0 Å². The quantitative estimate of drug-likeness (QED) is 0.293. The molecular weight excluding hydrogens is 525 g/mol. The predicted molar refractivity (Wildman–Crippen MR) is 191 cm³/mol. The zero-order chi connectivity index (χ0) is 33.8. The Morgan fingerprint density at radius 1 is 0.512 bits per heavy atom. The average Bonchev–Trinajstić information content (AvgIpc) is 2.81. The van der Waals surface area contributed by atoms with E-state index in [1.807, 2.05) is 32.9 Å². The highest BCUT2D eigenvalue weighted by molar-refractivity contribution is 5.33. The molecular formula is C41H70FN. The molecule has 246 valence electrons. The minimum Gasteiger partial charge on any atom is -0.298 e. The molecule has 0 saturated carbocycles. The van der Waals surface area contributed by atoms with Crippen molar-refractivity contribution < 1.29 is 4.39 Å². The van der Waals surface area contributed by atoms with Crippen LogP contribution in [-0.2, 0) is 21.7 Å². The molecule has 2 aromatic carbocycles. The van der Waals surface area contributed by atoms with Crippen LogP contribution in [0.15, 0.2) is 42.5 Å². The van der Waals surface area contributed by atoms with E-state index < -0.39 is 0 Å². The van der Waals surface area contributed by atoms with Crippen molar-refractivity contribution in [1.29, 1.82) is 0 Å². The lowest BCUT2D eigenvalue weighted by atomic mass is 9.75. The van der Waals surface area contributed by atoms with Gasteiger partial charge in [-0.3, -0.25) is 4.90 Å². The van der Waals surface area contributed by atoms with Gasteiger partial charge in [0.1, 0.15) is 5.82 Å². The van der Waals surface area contributed by atoms with Gasteiger partial charge in [-0.15, -0.1) is 0 Å². The number of rotatable bonds is 0. The van der Waals surface area contributed by atoms with Crippen molar-refractivity contribution in [3.05, 3.63) is 70.5 Å². The molecule has 1 nitrogen and oxygen atoms in total. The fourth-order valence-corrected chi connectivity index (χ4v) is 5.48. The molecule has 0 aliphatic carbocycles. The number of hydrogen-bond donors (Lipinski definition) is 0. The van der Waals surface area contributed by atoms with Gasteiger partial charge >= 0.3 is 0 Å². The Hall–Kier alpha value is -1.67. The summed E-state index contributed by atoms with van der Waals surface area (Å²) in [5.41, 5.74) is 5.93. The van der Waals surface area contributed by atoms with Crippen LogP contribution in [-0.4, -0.2) is 23.5 Å². The smallest absolute Gasteiger partial charge is 0.127 e. The van der Waals surface area contributed by atoms with E-state index in [-0.39, 0.29) is 27.5 Å². The van der Waals surface area contributed by atoms with Crippen molar-refractivity contribution in [1.82, 2.24) is 4.90 Å². The molecule has 0 atom stereocenters.